The van der Waals surface area contributed by atoms with Crippen LogP contribution in [0.5, 0.6) is 0 Å². The Morgan fingerprint density at radius 1 is 0.719 bits per heavy atom. The fourth-order valence-corrected chi connectivity index (χ4v) is 9.91. The van der Waals surface area contributed by atoms with Gasteiger partial charge in [0.1, 0.15) is 41.7 Å². The number of fused-ring (bicyclic) bond motifs is 2. The van der Waals surface area contributed by atoms with Crippen LogP contribution in [-0.4, -0.2) is 109 Å². The molecule has 4 aromatic rings. The number of likely N-dealkylation sites (tertiary alicyclic amines) is 2. The van der Waals surface area contributed by atoms with Crippen molar-refractivity contribution < 1.29 is 34.0 Å². The number of ether oxygens (including phenoxy) is 3. The van der Waals surface area contributed by atoms with Gasteiger partial charge in [-0.25, -0.2) is 24.7 Å². The number of carbonyl (C=O) groups excluding carboxylic acids is 2. The zero-order chi connectivity index (χ0) is 46.8. The molecule has 2 unspecified atom stereocenters. The zero-order valence-corrected chi connectivity index (χ0v) is 42.7. The van der Waals surface area contributed by atoms with E-state index < -0.39 is 34.0 Å². The summed E-state index contributed by atoms with van der Waals surface area (Å²) in [7, 11) is -2.64. The first-order valence-electron chi connectivity index (χ1n) is 23.4. The predicted octanol–water partition coefficient (Wildman–Crippen LogP) is 9.52. The van der Waals surface area contributed by atoms with E-state index in [0.29, 0.717) is 72.0 Å². The number of carbonyl (C=O) groups is 2. The van der Waals surface area contributed by atoms with E-state index in [-0.39, 0.29) is 55.8 Å². The van der Waals surface area contributed by atoms with E-state index in [1.54, 1.807) is 17.3 Å². The summed E-state index contributed by atoms with van der Waals surface area (Å²) in [6.45, 7) is 28.8. The molecule has 4 aromatic heterocycles. The second-order valence-electron chi connectivity index (χ2n) is 22.6. The molecule has 2 aliphatic rings. The van der Waals surface area contributed by atoms with E-state index in [2.05, 4.69) is 60.1 Å². The summed E-state index contributed by atoms with van der Waals surface area (Å²) in [6.07, 6.45) is 5.35. The number of aliphatic hydroxyl groups is 2. The zero-order valence-electron chi connectivity index (χ0n) is 40.7. The largest absolute Gasteiger partial charge is 0.444 e. The highest BCUT2D eigenvalue weighted by Gasteiger charge is 2.38. The van der Waals surface area contributed by atoms with Crippen LogP contribution in [0.25, 0.3) is 22.3 Å². The number of aromatic nitrogens is 6. The first-order valence-corrected chi connectivity index (χ1v) is 30.8. The highest BCUT2D eigenvalue weighted by atomic mass is 28.3. The lowest BCUT2D eigenvalue weighted by Crippen LogP contribution is -2.37. The lowest BCUT2D eigenvalue weighted by molar-refractivity contribution is -0.134. The molecule has 0 spiro atoms. The monoisotopic (exact) mass is 921 g/mol. The van der Waals surface area contributed by atoms with Gasteiger partial charge in [-0.3, -0.25) is 18.8 Å². The molecule has 4 atom stereocenters. The van der Waals surface area contributed by atoms with Crippen LogP contribution in [0.4, 0.5) is 4.79 Å². The summed E-state index contributed by atoms with van der Waals surface area (Å²) in [5.41, 5.74) is 2.92. The van der Waals surface area contributed by atoms with Gasteiger partial charge in [0.2, 0.25) is 5.91 Å². The lowest BCUT2D eigenvalue weighted by atomic mass is 9.91. The Balaban J connectivity index is 1.20. The van der Waals surface area contributed by atoms with Crippen LogP contribution < -0.4 is 0 Å². The van der Waals surface area contributed by atoms with Gasteiger partial charge in [0, 0.05) is 72.4 Å². The molecule has 17 heteroatoms. The van der Waals surface area contributed by atoms with E-state index in [4.69, 9.17) is 34.1 Å². The maximum atomic E-state index is 13.6. The van der Waals surface area contributed by atoms with Crippen LogP contribution in [0.1, 0.15) is 134 Å². The molecule has 6 rings (SSSR count). The summed E-state index contributed by atoms with van der Waals surface area (Å²) in [5.74, 6) is 1.57. The van der Waals surface area contributed by atoms with E-state index in [1.165, 1.54) is 0 Å². The van der Waals surface area contributed by atoms with Gasteiger partial charge < -0.3 is 29.3 Å². The van der Waals surface area contributed by atoms with E-state index in [1.807, 2.05) is 46.9 Å². The van der Waals surface area contributed by atoms with E-state index in [0.717, 1.165) is 43.6 Å². The Hall–Kier alpha value is -3.75. The van der Waals surface area contributed by atoms with Crippen molar-refractivity contribution in [1.82, 2.24) is 38.9 Å². The number of hydrogen-bond donors (Lipinski definition) is 2. The summed E-state index contributed by atoms with van der Waals surface area (Å²) in [4.78, 5) is 50.4. The minimum atomic E-state index is -1.32. The van der Waals surface area contributed by atoms with Crippen molar-refractivity contribution in [2.24, 2.45) is 5.41 Å². The highest BCUT2D eigenvalue weighted by molar-refractivity contribution is 6.76. The number of nitrogens with zero attached hydrogens (tertiary/aromatic N) is 8. The minimum absolute atomic E-state index is 0.125. The summed E-state index contributed by atoms with van der Waals surface area (Å²) in [5, 5.41) is 23.0. The smallest absolute Gasteiger partial charge is 0.410 e. The number of amides is 2. The predicted molar refractivity (Wildman–Crippen MR) is 255 cm³/mol. The first kappa shape index (κ1) is 49.7. The SMILES string of the molecule is CC(C)(C)CC(=O)N1CCC[C@H]1c1nc2cc(C(O)CCC(O)c3cnc4c(c3)nc([C@@H]3CCCN3C(=O)OC(C)(C)C)n4COCC[Si](C)(C)C)cnc2n1COCC[Si](C)(C)C. The molecule has 0 bridgehead atoms. The Morgan fingerprint density at radius 3 is 1.58 bits per heavy atom. The normalized spacial score (nSPS) is 18.7. The number of aliphatic hydroxyl groups excluding tert-OH is 2. The van der Waals surface area contributed by atoms with Crippen molar-refractivity contribution in [2.45, 2.75) is 181 Å². The minimum Gasteiger partial charge on any atom is -0.444 e. The standard InChI is InChI=1S/C47H76N8O7Si2/c1-46(2,3)27-40(58)52-19-13-15-36(52)43-50-34-25-32(28-48-41(34)54(43)30-60-21-23-63(7,8)9)38(56)17-18-39(57)33-26-35-42(49-29-33)55(31-61-22-24-64(10,11)12)44(51-35)37-16-14-20-53(37)45(59)62-47(4,5)6/h25-26,28-29,36-39,56-57H,13-24,27,30-31H2,1-12H3/t36-,37-,38?,39?/m0/s1. The third-order valence-electron chi connectivity index (χ3n) is 11.9. The molecular formula is C47H76N8O7Si2. The van der Waals surface area contributed by atoms with Crippen molar-refractivity contribution in [2.75, 3.05) is 26.3 Å². The van der Waals surface area contributed by atoms with Gasteiger partial charge in [0.15, 0.2) is 11.3 Å². The molecular weight excluding hydrogens is 845 g/mol. The van der Waals surface area contributed by atoms with E-state index >= 15 is 0 Å². The van der Waals surface area contributed by atoms with Gasteiger partial charge in [-0.2, -0.15) is 0 Å². The highest BCUT2D eigenvalue weighted by Crippen LogP contribution is 2.38. The average Bonchev–Trinajstić information content (AvgIpc) is 3.99. The summed E-state index contributed by atoms with van der Waals surface area (Å²) in [6, 6.07) is 5.26. The molecule has 354 valence electrons. The van der Waals surface area contributed by atoms with Gasteiger partial charge in [0.25, 0.3) is 0 Å². The topological polar surface area (TPSA) is 170 Å². The molecule has 0 aliphatic carbocycles. The van der Waals surface area contributed by atoms with Crippen LogP contribution in [0.3, 0.4) is 0 Å². The fourth-order valence-electron chi connectivity index (χ4n) is 8.40. The lowest BCUT2D eigenvalue weighted by Gasteiger charge is -2.28. The number of hydrogen-bond acceptors (Lipinski definition) is 11. The molecule has 2 amide bonds. The second kappa shape index (κ2) is 20.0. The molecule has 2 saturated heterocycles. The van der Waals surface area contributed by atoms with Crippen molar-refractivity contribution in [3.63, 3.8) is 0 Å². The van der Waals surface area contributed by atoms with Crippen molar-refractivity contribution >= 4 is 50.5 Å². The molecule has 2 fully saturated rings. The molecule has 2 N–H and O–H groups in total. The van der Waals surface area contributed by atoms with Gasteiger partial charge in [-0.1, -0.05) is 60.1 Å². The van der Waals surface area contributed by atoms with Crippen LogP contribution in [0.2, 0.25) is 51.4 Å². The number of imidazole rings is 2. The quantitative estimate of drug-likeness (QED) is 0.0720. The van der Waals surface area contributed by atoms with Crippen molar-refractivity contribution in [3.05, 3.63) is 47.3 Å². The third kappa shape index (κ3) is 13.0. The van der Waals surface area contributed by atoms with Gasteiger partial charge in [0.05, 0.1) is 24.3 Å². The van der Waals surface area contributed by atoms with Crippen molar-refractivity contribution in [3.8, 4) is 0 Å². The van der Waals surface area contributed by atoms with Gasteiger partial charge >= 0.3 is 6.09 Å². The molecule has 6 heterocycles. The molecule has 0 aromatic carbocycles. The number of pyridine rings is 2. The van der Waals surface area contributed by atoms with Crippen molar-refractivity contribution in [1.29, 1.82) is 0 Å². The maximum Gasteiger partial charge on any atom is 0.410 e. The third-order valence-corrected chi connectivity index (χ3v) is 15.3. The van der Waals surface area contributed by atoms with Crippen LogP contribution in [0.15, 0.2) is 24.5 Å². The molecule has 0 saturated carbocycles. The maximum absolute atomic E-state index is 13.6. The van der Waals surface area contributed by atoms with Crippen LogP contribution in [0, 0.1) is 5.41 Å². The van der Waals surface area contributed by atoms with Crippen LogP contribution >= 0.6 is 0 Å². The fraction of sp³-hybridized carbons (Fsp3) is 0.702. The average molecular weight is 921 g/mol. The first-order chi connectivity index (χ1) is 29.9. The van der Waals surface area contributed by atoms with Gasteiger partial charge in [-0.05, 0) is 88.9 Å². The second-order valence-corrected chi connectivity index (χ2v) is 33.9. The van der Waals surface area contributed by atoms with Crippen LogP contribution in [-0.2, 0) is 32.5 Å². The summed E-state index contributed by atoms with van der Waals surface area (Å²) < 4.78 is 22.2. The Labute approximate surface area is 382 Å². The van der Waals surface area contributed by atoms with Gasteiger partial charge in [-0.15, -0.1) is 0 Å². The van der Waals surface area contributed by atoms with E-state index in [9.17, 15) is 19.8 Å². The molecule has 2 aliphatic heterocycles. The molecule has 64 heavy (non-hydrogen) atoms. The molecule has 15 nitrogen and oxygen atoms in total. The Bertz CT molecular complexity index is 2080. The molecule has 0 radical (unpaired) electrons. The summed E-state index contributed by atoms with van der Waals surface area (Å²) >= 11 is 0. The Morgan fingerprint density at radius 2 is 1.16 bits per heavy atom. The Kier molecular flexibility index (Phi) is 15.5. The number of rotatable bonds is 18.